The second-order valence-electron chi connectivity index (χ2n) is 4.90. The second kappa shape index (κ2) is 8.97. The zero-order chi connectivity index (χ0) is 14.8. The summed E-state index contributed by atoms with van der Waals surface area (Å²) in [4.78, 5) is -0.222. The van der Waals surface area contributed by atoms with Gasteiger partial charge in [-0.05, 0) is 30.7 Å². The van der Waals surface area contributed by atoms with E-state index in [0.29, 0.717) is 12.4 Å². The van der Waals surface area contributed by atoms with Gasteiger partial charge in [0.2, 0.25) is 0 Å². The number of unbranched alkanes of at least 4 members (excludes halogenated alkanes) is 6. The quantitative estimate of drug-likeness (QED) is 0.488. The highest BCUT2D eigenvalue weighted by molar-refractivity contribution is 7.85. The van der Waals surface area contributed by atoms with Crippen LogP contribution in [0.1, 0.15) is 51.9 Å². The van der Waals surface area contributed by atoms with E-state index in [-0.39, 0.29) is 4.90 Å². The van der Waals surface area contributed by atoms with E-state index >= 15 is 0 Å². The van der Waals surface area contributed by atoms with Gasteiger partial charge in [-0.1, -0.05) is 45.4 Å². The maximum absolute atomic E-state index is 10.8. The first-order valence-electron chi connectivity index (χ1n) is 7.23. The fourth-order valence-corrected chi connectivity index (χ4v) is 2.42. The number of benzene rings is 1. The van der Waals surface area contributed by atoms with E-state index in [1.54, 1.807) is 0 Å². The summed E-state index contributed by atoms with van der Waals surface area (Å²) in [7, 11) is -4.37. The molecule has 0 heterocycles. The molecule has 0 aromatic heterocycles. The number of rotatable bonds is 10. The van der Waals surface area contributed by atoms with Gasteiger partial charge in [0, 0.05) is 0 Å². The van der Waals surface area contributed by atoms with Crippen molar-refractivity contribution in [2.45, 2.75) is 56.8 Å². The van der Waals surface area contributed by atoms with Crippen LogP contribution in [0, 0.1) is 0 Å². The van der Waals surface area contributed by atoms with E-state index in [1.807, 2.05) is 0 Å². The molecular weight excluding hydrogens is 276 g/mol. The zero-order valence-electron chi connectivity index (χ0n) is 12.0. The second-order valence-corrected chi connectivity index (χ2v) is 6.27. The summed E-state index contributed by atoms with van der Waals surface area (Å²) in [5, 5.41) is 0. The van der Waals surface area contributed by atoms with E-state index < -0.39 is 10.1 Å². The summed E-state index contributed by atoms with van der Waals surface area (Å²) < 4.78 is 37.8. The van der Waals surface area contributed by atoms with Gasteiger partial charge < -0.3 is 9.29 Å². The SMILES string of the molecule is CCCCCCCCCOc1ccc(S(=O)(=O)[O-])cc1. The predicted molar refractivity (Wildman–Crippen MR) is 77.9 cm³/mol. The maximum atomic E-state index is 10.8. The van der Waals surface area contributed by atoms with Crippen molar-refractivity contribution in [1.29, 1.82) is 0 Å². The third-order valence-electron chi connectivity index (χ3n) is 3.13. The minimum Gasteiger partial charge on any atom is -0.744 e. The van der Waals surface area contributed by atoms with Crippen molar-refractivity contribution in [2.75, 3.05) is 6.61 Å². The molecule has 0 radical (unpaired) electrons. The summed E-state index contributed by atoms with van der Waals surface area (Å²) in [6, 6.07) is 5.60. The van der Waals surface area contributed by atoms with Crippen LogP contribution >= 0.6 is 0 Å². The average molecular weight is 299 g/mol. The van der Waals surface area contributed by atoms with Crippen LogP contribution in [0.3, 0.4) is 0 Å². The Morgan fingerprint density at radius 2 is 1.50 bits per heavy atom. The van der Waals surface area contributed by atoms with Crippen LogP contribution in [-0.4, -0.2) is 19.6 Å². The van der Waals surface area contributed by atoms with Gasteiger partial charge in [-0.15, -0.1) is 0 Å². The molecule has 0 aliphatic carbocycles. The summed E-state index contributed by atoms with van der Waals surface area (Å²) >= 11 is 0. The number of ether oxygens (including phenoxy) is 1. The highest BCUT2D eigenvalue weighted by Crippen LogP contribution is 2.16. The first kappa shape index (κ1) is 17.0. The standard InChI is InChI=1S/C15H24O4S/c1-2-3-4-5-6-7-8-13-19-14-9-11-15(12-10-14)20(16,17)18/h9-12H,2-8,13H2,1H3,(H,16,17,18)/p-1. The van der Waals surface area contributed by atoms with Crippen molar-refractivity contribution < 1.29 is 17.7 Å². The zero-order valence-corrected chi connectivity index (χ0v) is 12.8. The molecule has 0 spiro atoms. The largest absolute Gasteiger partial charge is 0.744 e. The maximum Gasteiger partial charge on any atom is 0.124 e. The Labute approximate surface area is 121 Å². The van der Waals surface area contributed by atoms with Crippen LogP contribution in [0.2, 0.25) is 0 Å². The Hall–Kier alpha value is -1.07. The van der Waals surface area contributed by atoms with E-state index in [2.05, 4.69) is 6.92 Å². The Kier molecular flexibility index (Phi) is 7.62. The van der Waals surface area contributed by atoms with Gasteiger partial charge in [0.1, 0.15) is 15.9 Å². The molecule has 0 N–H and O–H groups in total. The number of hydrogen-bond acceptors (Lipinski definition) is 4. The highest BCUT2D eigenvalue weighted by Gasteiger charge is 2.01. The van der Waals surface area contributed by atoms with Crippen LogP contribution in [0.5, 0.6) is 5.75 Å². The first-order chi connectivity index (χ1) is 9.54. The molecule has 0 atom stereocenters. The Balaban J connectivity index is 2.16. The minimum absolute atomic E-state index is 0.222. The van der Waals surface area contributed by atoms with Gasteiger partial charge >= 0.3 is 0 Å². The average Bonchev–Trinajstić information content (AvgIpc) is 2.41. The normalized spacial score (nSPS) is 11.5. The molecule has 0 aliphatic heterocycles. The fraction of sp³-hybridized carbons (Fsp3) is 0.600. The Morgan fingerprint density at radius 3 is 2.05 bits per heavy atom. The topological polar surface area (TPSA) is 66.4 Å². The van der Waals surface area contributed by atoms with E-state index in [0.717, 1.165) is 12.8 Å². The van der Waals surface area contributed by atoms with Gasteiger partial charge in [0.15, 0.2) is 0 Å². The summed E-state index contributed by atoms with van der Waals surface area (Å²) in [6.45, 7) is 2.83. The third kappa shape index (κ3) is 6.91. The van der Waals surface area contributed by atoms with E-state index in [9.17, 15) is 13.0 Å². The fourth-order valence-electron chi connectivity index (χ4n) is 1.95. The molecule has 0 bridgehead atoms. The van der Waals surface area contributed by atoms with Crippen molar-refractivity contribution >= 4 is 10.1 Å². The molecule has 0 amide bonds. The molecule has 1 rings (SSSR count). The molecular formula is C15H23O4S-. The van der Waals surface area contributed by atoms with Crippen LogP contribution in [-0.2, 0) is 10.1 Å². The molecule has 4 nitrogen and oxygen atoms in total. The molecule has 0 saturated carbocycles. The van der Waals surface area contributed by atoms with Crippen LogP contribution in [0.4, 0.5) is 0 Å². The van der Waals surface area contributed by atoms with Crippen molar-refractivity contribution in [2.24, 2.45) is 0 Å². The van der Waals surface area contributed by atoms with E-state index in [4.69, 9.17) is 4.74 Å². The molecule has 0 fully saturated rings. The predicted octanol–water partition coefficient (Wildman–Crippen LogP) is 3.72. The molecule has 0 aliphatic rings. The van der Waals surface area contributed by atoms with Crippen molar-refractivity contribution in [3.8, 4) is 5.75 Å². The lowest BCUT2D eigenvalue weighted by Crippen LogP contribution is -2.00. The minimum atomic E-state index is -4.37. The molecule has 0 unspecified atom stereocenters. The van der Waals surface area contributed by atoms with Gasteiger partial charge in [0.05, 0.1) is 11.5 Å². The first-order valence-corrected chi connectivity index (χ1v) is 8.63. The summed E-state index contributed by atoms with van der Waals surface area (Å²) in [5.41, 5.74) is 0. The highest BCUT2D eigenvalue weighted by atomic mass is 32.2. The third-order valence-corrected chi connectivity index (χ3v) is 3.98. The van der Waals surface area contributed by atoms with Crippen molar-refractivity contribution in [3.63, 3.8) is 0 Å². The van der Waals surface area contributed by atoms with E-state index in [1.165, 1.54) is 56.4 Å². The summed E-state index contributed by atoms with van der Waals surface area (Å²) in [5.74, 6) is 0.600. The van der Waals surface area contributed by atoms with Crippen LogP contribution < -0.4 is 4.74 Å². The van der Waals surface area contributed by atoms with Gasteiger partial charge in [-0.2, -0.15) is 0 Å². The van der Waals surface area contributed by atoms with Crippen LogP contribution in [0.25, 0.3) is 0 Å². The lowest BCUT2D eigenvalue weighted by molar-refractivity contribution is 0.304. The van der Waals surface area contributed by atoms with Crippen molar-refractivity contribution in [1.82, 2.24) is 0 Å². The monoisotopic (exact) mass is 299 g/mol. The van der Waals surface area contributed by atoms with Crippen LogP contribution in [0.15, 0.2) is 29.2 Å². The van der Waals surface area contributed by atoms with Gasteiger partial charge in [-0.25, -0.2) is 8.42 Å². The lowest BCUT2D eigenvalue weighted by Gasteiger charge is -2.09. The van der Waals surface area contributed by atoms with Gasteiger partial charge in [0.25, 0.3) is 0 Å². The van der Waals surface area contributed by atoms with Crippen molar-refractivity contribution in [3.05, 3.63) is 24.3 Å². The molecule has 20 heavy (non-hydrogen) atoms. The lowest BCUT2D eigenvalue weighted by atomic mass is 10.1. The molecule has 1 aromatic rings. The Bertz CT molecular complexity index is 465. The smallest absolute Gasteiger partial charge is 0.124 e. The molecule has 114 valence electrons. The molecule has 0 saturated heterocycles. The molecule has 5 heteroatoms. The summed E-state index contributed by atoms with van der Waals surface area (Å²) in [6.07, 6.45) is 8.54. The Morgan fingerprint density at radius 1 is 0.950 bits per heavy atom. The number of hydrogen-bond donors (Lipinski definition) is 0. The van der Waals surface area contributed by atoms with Gasteiger partial charge in [-0.3, -0.25) is 0 Å². The molecule has 1 aromatic carbocycles.